The van der Waals surface area contributed by atoms with Crippen LogP contribution < -0.4 is 31.9 Å². The minimum Gasteiger partial charge on any atom is -0.382 e. The van der Waals surface area contributed by atoms with Crippen LogP contribution in [0.1, 0.15) is 32.1 Å². The van der Waals surface area contributed by atoms with Gasteiger partial charge in [0.25, 0.3) is 0 Å². The van der Waals surface area contributed by atoms with Crippen LogP contribution in [-0.2, 0) is 4.74 Å². The summed E-state index contributed by atoms with van der Waals surface area (Å²) in [6, 6.07) is 8.70. The fourth-order valence-electron chi connectivity index (χ4n) is 4.13. The minimum atomic E-state index is 0.334. The van der Waals surface area contributed by atoms with E-state index in [0.29, 0.717) is 24.4 Å². The van der Waals surface area contributed by atoms with Crippen molar-refractivity contribution in [3.8, 4) is 0 Å². The van der Waals surface area contributed by atoms with Crippen LogP contribution in [0.2, 0.25) is 0 Å². The highest BCUT2D eigenvalue weighted by Gasteiger charge is 2.20. The third-order valence-electron chi connectivity index (χ3n) is 5.75. The first-order valence-corrected chi connectivity index (χ1v) is 10.9. The predicted octanol–water partition coefficient (Wildman–Crippen LogP) is 2.01. The van der Waals surface area contributed by atoms with Gasteiger partial charge in [0.15, 0.2) is 0 Å². The fraction of sp³-hybridized carbons (Fsp3) is 0.500. The molecule has 2 heterocycles. The molecule has 162 valence electrons. The molecular weight excluding hydrogens is 378 g/mol. The van der Waals surface area contributed by atoms with Crippen molar-refractivity contribution >= 4 is 17.2 Å². The molecule has 1 aromatic carbocycles. The van der Waals surface area contributed by atoms with E-state index in [4.69, 9.17) is 15.5 Å². The zero-order valence-corrected chi connectivity index (χ0v) is 17.5. The van der Waals surface area contributed by atoms with Crippen molar-refractivity contribution < 1.29 is 4.74 Å². The van der Waals surface area contributed by atoms with Gasteiger partial charge in [0, 0.05) is 24.5 Å². The molecule has 8 nitrogen and oxygen atoms in total. The van der Waals surface area contributed by atoms with E-state index in [1.165, 1.54) is 24.9 Å². The summed E-state index contributed by atoms with van der Waals surface area (Å²) in [5.74, 6) is 2.02. The summed E-state index contributed by atoms with van der Waals surface area (Å²) in [4.78, 5) is 7.08. The summed E-state index contributed by atoms with van der Waals surface area (Å²) in [5, 5.41) is 13.1. The van der Waals surface area contributed by atoms with E-state index in [1.807, 2.05) is 0 Å². The van der Waals surface area contributed by atoms with E-state index < -0.39 is 0 Å². The number of ether oxygens (including phenoxy) is 1. The third-order valence-corrected chi connectivity index (χ3v) is 5.75. The maximum Gasteiger partial charge on any atom is 0.146 e. The first kappa shape index (κ1) is 20.4. The van der Waals surface area contributed by atoms with Gasteiger partial charge >= 0.3 is 0 Å². The molecule has 1 aromatic rings. The molecule has 2 fully saturated rings. The van der Waals surface area contributed by atoms with E-state index in [1.54, 1.807) is 0 Å². The molecular formula is C22H33N7O. The second kappa shape index (κ2) is 9.75. The van der Waals surface area contributed by atoms with E-state index in [-0.39, 0.29) is 0 Å². The largest absolute Gasteiger partial charge is 0.382 e. The Hall–Kier alpha value is -2.87. The van der Waals surface area contributed by atoms with Crippen LogP contribution in [0.15, 0.2) is 53.2 Å². The van der Waals surface area contributed by atoms with Gasteiger partial charge in [-0.15, -0.1) is 0 Å². The second-order valence-corrected chi connectivity index (χ2v) is 7.96. The van der Waals surface area contributed by atoms with Gasteiger partial charge in [-0.3, -0.25) is 4.99 Å². The Bertz CT molecular complexity index is 790. The summed E-state index contributed by atoms with van der Waals surface area (Å²) in [6.45, 7) is 8.14. The van der Waals surface area contributed by atoms with Crippen molar-refractivity contribution in [3.63, 3.8) is 0 Å². The highest BCUT2D eigenvalue weighted by atomic mass is 16.5. The Morgan fingerprint density at radius 2 is 1.80 bits per heavy atom. The lowest BCUT2D eigenvalue weighted by molar-refractivity contribution is 0.122. The smallest absolute Gasteiger partial charge is 0.146 e. The molecule has 3 aliphatic rings. The van der Waals surface area contributed by atoms with Crippen molar-refractivity contribution in [2.24, 2.45) is 10.7 Å². The monoisotopic (exact) mass is 411 g/mol. The molecule has 0 aromatic heterocycles. The summed E-state index contributed by atoms with van der Waals surface area (Å²) < 4.78 is 5.42. The van der Waals surface area contributed by atoms with Crippen molar-refractivity contribution in [1.29, 1.82) is 0 Å². The number of nitrogens with two attached hydrogens (primary N) is 1. The predicted molar refractivity (Wildman–Crippen MR) is 122 cm³/mol. The van der Waals surface area contributed by atoms with Gasteiger partial charge in [-0.25, -0.2) is 0 Å². The lowest BCUT2D eigenvalue weighted by Gasteiger charge is -2.29. The number of amidine groups is 1. The van der Waals surface area contributed by atoms with E-state index >= 15 is 0 Å². The molecule has 1 aliphatic carbocycles. The van der Waals surface area contributed by atoms with Gasteiger partial charge in [-0.2, -0.15) is 0 Å². The Kier molecular flexibility index (Phi) is 6.63. The van der Waals surface area contributed by atoms with Crippen LogP contribution >= 0.6 is 0 Å². The third kappa shape index (κ3) is 5.18. The number of hydrogen-bond acceptors (Lipinski definition) is 7. The average molecular weight is 412 g/mol. The molecule has 1 saturated heterocycles. The number of hydrogen-bond donors (Lipinski definition) is 5. The van der Waals surface area contributed by atoms with Crippen LogP contribution in [0.5, 0.6) is 0 Å². The van der Waals surface area contributed by atoms with Gasteiger partial charge < -0.3 is 36.6 Å². The summed E-state index contributed by atoms with van der Waals surface area (Å²) in [7, 11) is 0. The maximum atomic E-state index is 6.30. The van der Waals surface area contributed by atoms with Crippen LogP contribution in [0.4, 0.5) is 11.4 Å². The Morgan fingerprint density at radius 3 is 2.53 bits per heavy atom. The zero-order valence-electron chi connectivity index (χ0n) is 17.5. The van der Waals surface area contributed by atoms with Crippen molar-refractivity contribution in [2.75, 3.05) is 43.2 Å². The molecule has 0 bridgehead atoms. The molecule has 8 heteroatoms. The lowest BCUT2D eigenvalue weighted by Crippen LogP contribution is -2.36. The number of benzene rings is 1. The molecule has 0 amide bonds. The highest BCUT2D eigenvalue weighted by molar-refractivity contribution is 5.97. The molecule has 0 atom stereocenters. The second-order valence-electron chi connectivity index (χ2n) is 7.96. The Labute approximate surface area is 178 Å². The molecule has 0 unspecified atom stereocenters. The molecule has 30 heavy (non-hydrogen) atoms. The van der Waals surface area contributed by atoms with Crippen LogP contribution in [0.3, 0.4) is 0 Å². The molecule has 0 spiro atoms. The van der Waals surface area contributed by atoms with Crippen LogP contribution in [-0.4, -0.2) is 44.8 Å². The summed E-state index contributed by atoms with van der Waals surface area (Å²) in [5.41, 5.74) is 9.30. The van der Waals surface area contributed by atoms with Crippen LogP contribution in [0.25, 0.3) is 0 Å². The molecule has 2 aliphatic heterocycles. The lowest BCUT2D eigenvalue weighted by atomic mass is 9.96. The number of rotatable bonds is 7. The quantitative estimate of drug-likeness (QED) is 0.346. The number of morpholine rings is 1. The molecule has 1 saturated carbocycles. The summed E-state index contributed by atoms with van der Waals surface area (Å²) in [6.07, 6.45) is 6.03. The average Bonchev–Trinajstić information content (AvgIpc) is 3.24. The van der Waals surface area contributed by atoms with Gasteiger partial charge in [0.2, 0.25) is 0 Å². The number of aliphatic imine (C=N–C) groups is 1. The SMILES string of the molecule is C=C(NC1=C(C(N)=NC2CCCCC2)NCN1)Nc1ccc(N2CCOCC2)cc1. The van der Waals surface area contributed by atoms with Gasteiger partial charge in [0.05, 0.1) is 25.9 Å². The maximum absolute atomic E-state index is 6.30. The van der Waals surface area contributed by atoms with E-state index in [0.717, 1.165) is 56.4 Å². The van der Waals surface area contributed by atoms with Gasteiger partial charge in [-0.1, -0.05) is 25.8 Å². The fourth-order valence-corrected chi connectivity index (χ4v) is 4.13. The first-order chi connectivity index (χ1) is 14.7. The topological polar surface area (TPSA) is 99.0 Å². The molecule has 0 radical (unpaired) electrons. The number of nitrogens with one attached hydrogen (secondary N) is 4. The van der Waals surface area contributed by atoms with E-state index in [9.17, 15) is 0 Å². The number of anilines is 2. The van der Waals surface area contributed by atoms with Crippen molar-refractivity contribution in [1.82, 2.24) is 16.0 Å². The number of nitrogens with zero attached hydrogens (tertiary/aromatic N) is 2. The standard InChI is InChI=1S/C22H33N7O/c1-16(26-18-7-9-19(10-8-18)29-11-13-30-14-12-29)27-22-20(24-15-25-22)21(23)28-17-5-3-2-4-6-17/h7-10,17,24-27H,1-6,11-15H2,(H2,23,28). The van der Waals surface area contributed by atoms with Gasteiger partial charge in [0.1, 0.15) is 23.2 Å². The van der Waals surface area contributed by atoms with E-state index in [2.05, 4.69) is 57.0 Å². The zero-order chi connectivity index (χ0) is 20.8. The molecule has 6 N–H and O–H groups in total. The Morgan fingerprint density at radius 1 is 1.07 bits per heavy atom. The highest BCUT2D eigenvalue weighted by Crippen LogP contribution is 2.21. The first-order valence-electron chi connectivity index (χ1n) is 10.9. The van der Waals surface area contributed by atoms with Gasteiger partial charge in [-0.05, 0) is 37.1 Å². The molecule has 4 rings (SSSR count). The minimum absolute atomic E-state index is 0.334. The summed E-state index contributed by atoms with van der Waals surface area (Å²) >= 11 is 0. The Balaban J connectivity index is 1.35. The van der Waals surface area contributed by atoms with Crippen molar-refractivity contribution in [2.45, 2.75) is 38.1 Å². The normalized spacial score (nSPS) is 20.5. The van der Waals surface area contributed by atoms with Crippen LogP contribution in [0, 0.1) is 0 Å². The van der Waals surface area contributed by atoms with Crippen molar-refractivity contribution in [3.05, 3.63) is 48.2 Å².